The number of nitrogens with zero attached hydrogens (tertiary/aromatic N) is 3. The van der Waals surface area contributed by atoms with Gasteiger partial charge in [-0.25, -0.2) is 4.98 Å². The lowest BCUT2D eigenvalue weighted by molar-refractivity contribution is 0.760. The van der Waals surface area contributed by atoms with Gasteiger partial charge < -0.3 is 10.7 Å². The number of nitrogen functional groups attached to an aromatic ring is 1. The molecular weight excluding hydrogens is 178 g/mol. The monoisotopic (exact) mass is 191 g/mol. The van der Waals surface area contributed by atoms with E-state index in [1.807, 2.05) is 20.9 Å². The minimum Gasteiger partial charge on any atom is -0.395 e. The third-order valence-corrected chi connectivity index (χ3v) is 2.20. The Balaban J connectivity index is 2.61. The highest BCUT2D eigenvalue weighted by molar-refractivity contribution is 5.69. The predicted octanol–water partition coefficient (Wildman–Crippen LogP) is 1.01. The number of imidazole rings is 1. The highest BCUT2D eigenvalue weighted by Gasteiger charge is 2.14. The fraction of sp³-hybridized carbons (Fsp3) is 0.333. The molecule has 5 heteroatoms. The smallest absolute Gasteiger partial charge is 0.158 e. The van der Waals surface area contributed by atoms with Gasteiger partial charge in [-0.1, -0.05) is 0 Å². The first kappa shape index (κ1) is 8.80. The van der Waals surface area contributed by atoms with Crippen molar-refractivity contribution in [3.63, 3.8) is 0 Å². The summed E-state index contributed by atoms with van der Waals surface area (Å²) in [6.07, 6.45) is 1.77. The number of hydrogen-bond acceptors (Lipinski definition) is 3. The van der Waals surface area contributed by atoms with E-state index in [0.717, 1.165) is 22.9 Å². The van der Waals surface area contributed by atoms with E-state index in [1.165, 1.54) is 0 Å². The van der Waals surface area contributed by atoms with Crippen LogP contribution in [0, 0.1) is 13.8 Å². The third kappa shape index (κ3) is 1.17. The van der Waals surface area contributed by atoms with Crippen LogP contribution in [0.4, 0.5) is 5.69 Å². The van der Waals surface area contributed by atoms with Crippen molar-refractivity contribution in [3.05, 3.63) is 17.6 Å². The summed E-state index contributed by atoms with van der Waals surface area (Å²) in [6, 6.07) is 0. The van der Waals surface area contributed by atoms with E-state index in [1.54, 1.807) is 10.9 Å². The first-order valence-corrected chi connectivity index (χ1v) is 4.40. The predicted molar refractivity (Wildman–Crippen MR) is 54.7 cm³/mol. The van der Waals surface area contributed by atoms with Gasteiger partial charge in [0.25, 0.3) is 0 Å². The molecule has 0 fully saturated rings. The Kier molecular flexibility index (Phi) is 1.80. The van der Waals surface area contributed by atoms with E-state index in [9.17, 15) is 0 Å². The maximum atomic E-state index is 5.90. The van der Waals surface area contributed by atoms with Crippen LogP contribution in [-0.2, 0) is 7.05 Å². The normalized spacial score (nSPS) is 10.8. The summed E-state index contributed by atoms with van der Waals surface area (Å²) in [4.78, 5) is 7.36. The average Bonchev–Trinajstić information content (AvgIpc) is 2.60. The van der Waals surface area contributed by atoms with Crippen LogP contribution in [-0.4, -0.2) is 19.7 Å². The lowest BCUT2D eigenvalue weighted by atomic mass is 10.3. The van der Waals surface area contributed by atoms with Crippen molar-refractivity contribution in [2.75, 3.05) is 5.73 Å². The lowest BCUT2D eigenvalue weighted by Gasteiger charge is -1.98. The van der Waals surface area contributed by atoms with Crippen molar-refractivity contribution in [2.24, 2.45) is 7.05 Å². The van der Waals surface area contributed by atoms with Gasteiger partial charge in [-0.05, 0) is 13.8 Å². The fourth-order valence-electron chi connectivity index (χ4n) is 1.49. The number of aromatic amines is 1. The summed E-state index contributed by atoms with van der Waals surface area (Å²) in [5, 5.41) is 4.23. The number of nitrogens with one attached hydrogen (secondary N) is 1. The Hall–Kier alpha value is -1.78. The second-order valence-electron chi connectivity index (χ2n) is 3.39. The van der Waals surface area contributed by atoms with Crippen molar-refractivity contribution in [1.29, 1.82) is 0 Å². The fourth-order valence-corrected chi connectivity index (χ4v) is 1.49. The van der Waals surface area contributed by atoms with Gasteiger partial charge in [-0.15, -0.1) is 0 Å². The molecule has 0 amide bonds. The molecule has 0 radical (unpaired) electrons. The van der Waals surface area contributed by atoms with Gasteiger partial charge in [0.15, 0.2) is 5.82 Å². The van der Waals surface area contributed by atoms with E-state index in [0.29, 0.717) is 5.69 Å². The van der Waals surface area contributed by atoms with Crippen LogP contribution in [0.15, 0.2) is 6.20 Å². The van der Waals surface area contributed by atoms with Gasteiger partial charge in [0.1, 0.15) is 5.69 Å². The highest BCUT2D eigenvalue weighted by Crippen LogP contribution is 2.24. The molecule has 14 heavy (non-hydrogen) atoms. The van der Waals surface area contributed by atoms with E-state index in [2.05, 4.69) is 15.1 Å². The molecule has 74 valence electrons. The van der Waals surface area contributed by atoms with Crippen LogP contribution in [0.25, 0.3) is 11.5 Å². The van der Waals surface area contributed by atoms with Crippen molar-refractivity contribution in [3.8, 4) is 11.5 Å². The summed E-state index contributed by atoms with van der Waals surface area (Å²) in [5.41, 5.74) is 9.27. The lowest BCUT2D eigenvalue weighted by Crippen LogP contribution is -1.97. The quantitative estimate of drug-likeness (QED) is 0.706. The summed E-state index contributed by atoms with van der Waals surface area (Å²) in [6.45, 7) is 3.84. The zero-order valence-corrected chi connectivity index (χ0v) is 8.50. The van der Waals surface area contributed by atoms with Crippen molar-refractivity contribution >= 4 is 5.69 Å². The van der Waals surface area contributed by atoms with E-state index < -0.39 is 0 Å². The Morgan fingerprint density at radius 2 is 2.14 bits per heavy atom. The molecule has 2 aromatic rings. The number of hydrogen-bond donors (Lipinski definition) is 2. The standard InChI is InChI=1S/C9H13N5/c1-5-4-11-9(12-5)8-7(10)6(2)13-14(8)3/h4H,10H2,1-3H3,(H,11,12). The van der Waals surface area contributed by atoms with Crippen LogP contribution in [0.2, 0.25) is 0 Å². The summed E-state index contributed by atoms with van der Waals surface area (Å²) >= 11 is 0. The molecule has 2 aromatic heterocycles. The topological polar surface area (TPSA) is 72.5 Å². The van der Waals surface area contributed by atoms with Crippen LogP contribution in [0.3, 0.4) is 0 Å². The number of aryl methyl sites for hydroxylation is 3. The number of nitrogens with two attached hydrogens (primary N) is 1. The first-order valence-electron chi connectivity index (χ1n) is 4.40. The van der Waals surface area contributed by atoms with Gasteiger partial charge >= 0.3 is 0 Å². The minimum atomic E-state index is 0.682. The van der Waals surface area contributed by atoms with E-state index in [4.69, 9.17) is 5.73 Å². The van der Waals surface area contributed by atoms with Crippen LogP contribution in [0.5, 0.6) is 0 Å². The number of rotatable bonds is 1. The number of H-pyrrole nitrogens is 1. The Labute approximate surface area is 82.0 Å². The highest BCUT2D eigenvalue weighted by atomic mass is 15.3. The van der Waals surface area contributed by atoms with Gasteiger partial charge in [0, 0.05) is 18.9 Å². The SMILES string of the molecule is Cc1cnc(-c2c(N)c(C)nn2C)[nH]1. The Morgan fingerprint density at radius 1 is 1.43 bits per heavy atom. The van der Waals surface area contributed by atoms with Gasteiger partial charge in [-0.2, -0.15) is 5.10 Å². The molecule has 0 bridgehead atoms. The maximum Gasteiger partial charge on any atom is 0.158 e. The van der Waals surface area contributed by atoms with Gasteiger partial charge in [-0.3, -0.25) is 4.68 Å². The van der Waals surface area contributed by atoms with Gasteiger partial charge in [0.2, 0.25) is 0 Å². The molecule has 0 saturated carbocycles. The summed E-state index contributed by atoms with van der Waals surface area (Å²) in [5.74, 6) is 0.767. The molecule has 0 aromatic carbocycles. The molecule has 0 saturated heterocycles. The Bertz CT molecular complexity index is 466. The molecule has 0 unspecified atom stereocenters. The van der Waals surface area contributed by atoms with Crippen LogP contribution >= 0.6 is 0 Å². The molecule has 5 nitrogen and oxygen atoms in total. The summed E-state index contributed by atoms with van der Waals surface area (Å²) in [7, 11) is 1.86. The summed E-state index contributed by atoms with van der Waals surface area (Å²) < 4.78 is 1.74. The molecule has 2 rings (SSSR count). The first-order chi connectivity index (χ1) is 6.59. The van der Waals surface area contributed by atoms with Crippen LogP contribution < -0.4 is 5.73 Å². The molecule has 2 heterocycles. The number of anilines is 1. The van der Waals surface area contributed by atoms with Crippen molar-refractivity contribution in [1.82, 2.24) is 19.7 Å². The van der Waals surface area contributed by atoms with E-state index >= 15 is 0 Å². The van der Waals surface area contributed by atoms with Crippen LogP contribution in [0.1, 0.15) is 11.4 Å². The number of aromatic nitrogens is 4. The second kappa shape index (κ2) is 2.87. The average molecular weight is 191 g/mol. The molecule has 0 aliphatic heterocycles. The zero-order valence-electron chi connectivity index (χ0n) is 8.50. The molecular formula is C9H13N5. The van der Waals surface area contributed by atoms with Crippen molar-refractivity contribution < 1.29 is 0 Å². The molecule has 0 aliphatic rings. The minimum absolute atomic E-state index is 0.682. The molecule has 0 aliphatic carbocycles. The third-order valence-electron chi connectivity index (χ3n) is 2.20. The molecule has 3 N–H and O–H groups in total. The van der Waals surface area contributed by atoms with Crippen molar-refractivity contribution in [2.45, 2.75) is 13.8 Å². The van der Waals surface area contributed by atoms with Gasteiger partial charge in [0.05, 0.1) is 11.4 Å². The second-order valence-corrected chi connectivity index (χ2v) is 3.39. The molecule has 0 atom stereocenters. The Morgan fingerprint density at radius 3 is 2.57 bits per heavy atom. The largest absolute Gasteiger partial charge is 0.395 e. The zero-order chi connectivity index (χ0) is 10.3. The molecule has 0 spiro atoms. The van der Waals surface area contributed by atoms with E-state index in [-0.39, 0.29) is 0 Å². The maximum absolute atomic E-state index is 5.90.